The SMILES string of the molecule is Cc1ccccc1C(O)c1cc(Br)ccc1F. The van der Waals surface area contributed by atoms with E-state index >= 15 is 0 Å². The van der Waals surface area contributed by atoms with Crippen LogP contribution in [0.5, 0.6) is 0 Å². The van der Waals surface area contributed by atoms with E-state index in [0.29, 0.717) is 0 Å². The minimum Gasteiger partial charge on any atom is -0.384 e. The van der Waals surface area contributed by atoms with Gasteiger partial charge in [0.1, 0.15) is 11.9 Å². The summed E-state index contributed by atoms with van der Waals surface area (Å²) in [6.45, 7) is 1.90. The number of aliphatic hydroxyl groups excluding tert-OH is 1. The zero-order valence-electron chi connectivity index (χ0n) is 9.32. The van der Waals surface area contributed by atoms with Crippen molar-refractivity contribution in [1.82, 2.24) is 0 Å². The smallest absolute Gasteiger partial charge is 0.129 e. The monoisotopic (exact) mass is 294 g/mol. The number of hydrogen-bond acceptors (Lipinski definition) is 1. The van der Waals surface area contributed by atoms with E-state index in [1.165, 1.54) is 6.07 Å². The third-order valence-electron chi connectivity index (χ3n) is 2.74. The minimum atomic E-state index is -0.936. The molecule has 2 aromatic rings. The number of aliphatic hydroxyl groups is 1. The Balaban J connectivity index is 2.47. The van der Waals surface area contributed by atoms with Crippen molar-refractivity contribution in [3.05, 3.63) is 69.4 Å². The van der Waals surface area contributed by atoms with Crippen LogP contribution in [0, 0.1) is 12.7 Å². The average Bonchev–Trinajstić information content (AvgIpc) is 2.32. The molecule has 0 fully saturated rings. The normalized spacial score (nSPS) is 12.5. The molecule has 0 aliphatic rings. The molecule has 88 valence electrons. The first-order valence-corrected chi connectivity index (χ1v) is 6.07. The highest BCUT2D eigenvalue weighted by Crippen LogP contribution is 2.28. The summed E-state index contributed by atoms with van der Waals surface area (Å²) in [5.74, 6) is -0.399. The molecule has 2 rings (SSSR count). The van der Waals surface area contributed by atoms with Crippen molar-refractivity contribution in [2.45, 2.75) is 13.0 Å². The van der Waals surface area contributed by atoms with Crippen molar-refractivity contribution in [3.63, 3.8) is 0 Å². The van der Waals surface area contributed by atoms with Crippen LogP contribution in [0.1, 0.15) is 22.8 Å². The second-order valence-electron chi connectivity index (χ2n) is 3.92. The van der Waals surface area contributed by atoms with Gasteiger partial charge < -0.3 is 5.11 Å². The lowest BCUT2D eigenvalue weighted by Crippen LogP contribution is -2.04. The summed E-state index contributed by atoms with van der Waals surface area (Å²) in [6.07, 6.45) is -0.936. The standard InChI is InChI=1S/C14H12BrFO/c1-9-4-2-3-5-11(9)14(17)12-8-10(15)6-7-13(12)16/h2-8,14,17H,1H3. The molecule has 1 nitrogen and oxygen atoms in total. The molecule has 0 heterocycles. The number of halogens is 2. The van der Waals surface area contributed by atoms with Crippen LogP contribution >= 0.6 is 15.9 Å². The third kappa shape index (κ3) is 2.56. The van der Waals surface area contributed by atoms with E-state index in [1.807, 2.05) is 25.1 Å². The molecule has 0 amide bonds. The van der Waals surface area contributed by atoms with E-state index in [2.05, 4.69) is 15.9 Å². The molecule has 0 saturated heterocycles. The van der Waals surface area contributed by atoms with Crippen LogP contribution in [-0.2, 0) is 0 Å². The molecule has 0 aliphatic heterocycles. The van der Waals surface area contributed by atoms with E-state index in [4.69, 9.17) is 0 Å². The second-order valence-corrected chi connectivity index (χ2v) is 4.84. The Hall–Kier alpha value is -1.19. The van der Waals surface area contributed by atoms with Crippen molar-refractivity contribution < 1.29 is 9.50 Å². The highest BCUT2D eigenvalue weighted by molar-refractivity contribution is 9.10. The lowest BCUT2D eigenvalue weighted by Gasteiger charge is -2.15. The van der Waals surface area contributed by atoms with Crippen LogP contribution in [0.25, 0.3) is 0 Å². The van der Waals surface area contributed by atoms with Gasteiger partial charge in [-0.2, -0.15) is 0 Å². The topological polar surface area (TPSA) is 20.2 Å². The highest BCUT2D eigenvalue weighted by atomic mass is 79.9. The molecule has 0 saturated carbocycles. The quantitative estimate of drug-likeness (QED) is 0.888. The fourth-order valence-corrected chi connectivity index (χ4v) is 2.16. The molecular weight excluding hydrogens is 283 g/mol. The van der Waals surface area contributed by atoms with Crippen molar-refractivity contribution in [3.8, 4) is 0 Å². The predicted octanol–water partition coefficient (Wildman–Crippen LogP) is 3.98. The molecule has 1 unspecified atom stereocenters. The molecule has 0 radical (unpaired) electrons. The highest BCUT2D eigenvalue weighted by Gasteiger charge is 2.16. The van der Waals surface area contributed by atoms with E-state index in [0.717, 1.165) is 15.6 Å². The molecule has 17 heavy (non-hydrogen) atoms. The van der Waals surface area contributed by atoms with Gasteiger partial charge in [-0.05, 0) is 36.2 Å². The molecule has 0 aliphatic carbocycles. The maximum Gasteiger partial charge on any atom is 0.129 e. The predicted molar refractivity (Wildman–Crippen MR) is 69.3 cm³/mol. The Labute approximate surface area is 108 Å². The van der Waals surface area contributed by atoms with Crippen LogP contribution in [0.3, 0.4) is 0 Å². The molecule has 0 aromatic heterocycles. The first-order chi connectivity index (χ1) is 8.09. The lowest BCUT2D eigenvalue weighted by atomic mass is 9.97. The first-order valence-electron chi connectivity index (χ1n) is 5.28. The zero-order chi connectivity index (χ0) is 12.4. The fourth-order valence-electron chi connectivity index (χ4n) is 1.79. The average molecular weight is 295 g/mol. The Morgan fingerprint density at radius 3 is 2.53 bits per heavy atom. The Morgan fingerprint density at radius 1 is 1.12 bits per heavy atom. The van der Waals surface area contributed by atoms with Gasteiger partial charge in [0.25, 0.3) is 0 Å². The molecule has 0 spiro atoms. The molecule has 3 heteroatoms. The third-order valence-corrected chi connectivity index (χ3v) is 3.23. The van der Waals surface area contributed by atoms with E-state index in [-0.39, 0.29) is 5.56 Å². The van der Waals surface area contributed by atoms with Crippen molar-refractivity contribution in [2.24, 2.45) is 0 Å². The van der Waals surface area contributed by atoms with Crippen LogP contribution in [-0.4, -0.2) is 5.11 Å². The van der Waals surface area contributed by atoms with Crippen molar-refractivity contribution in [1.29, 1.82) is 0 Å². The van der Waals surface area contributed by atoms with Gasteiger partial charge in [-0.3, -0.25) is 0 Å². The molecule has 0 bridgehead atoms. The maximum absolute atomic E-state index is 13.7. The van der Waals surface area contributed by atoms with Gasteiger partial charge >= 0.3 is 0 Å². The van der Waals surface area contributed by atoms with Gasteiger partial charge in [-0.1, -0.05) is 40.2 Å². The summed E-state index contributed by atoms with van der Waals surface area (Å²) in [4.78, 5) is 0. The summed E-state index contributed by atoms with van der Waals surface area (Å²) in [5.41, 5.74) is 1.96. The molecule has 1 N–H and O–H groups in total. The van der Waals surface area contributed by atoms with Crippen molar-refractivity contribution in [2.75, 3.05) is 0 Å². The summed E-state index contributed by atoms with van der Waals surface area (Å²) >= 11 is 3.28. The minimum absolute atomic E-state index is 0.286. The maximum atomic E-state index is 13.7. The van der Waals surface area contributed by atoms with E-state index < -0.39 is 11.9 Å². The van der Waals surface area contributed by atoms with E-state index in [9.17, 15) is 9.50 Å². The lowest BCUT2D eigenvalue weighted by molar-refractivity contribution is 0.214. The van der Waals surface area contributed by atoms with Gasteiger partial charge in [-0.25, -0.2) is 4.39 Å². The Morgan fingerprint density at radius 2 is 1.82 bits per heavy atom. The van der Waals surface area contributed by atoms with Crippen LogP contribution in [0.15, 0.2) is 46.9 Å². The summed E-state index contributed by atoms with van der Waals surface area (Å²) < 4.78 is 14.4. The Kier molecular flexibility index (Phi) is 3.60. The summed E-state index contributed by atoms with van der Waals surface area (Å²) in [7, 11) is 0. The fraction of sp³-hybridized carbons (Fsp3) is 0.143. The summed E-state index contributed by atoms with van der Waals surface area (Å²) in [6, 6.07) is 12.0. The van der Waals surface area contributed by atoms with Crippen LogP contribution < -0.4 is 0 Å². The summed E-state index contributed by atoms with van der Waals surface area (Å²) in [5, 5.41) is 10.2. The zero-order valence-corrected chi connectivity index (χ0v) is 10.9. The largest absolute Gasteiger partial charge is 0.384 e. The number of benzene rings is 2. The number of rotatable bonds is 2. The molecule has 1 atom stereocenters. The molecular formula is C14H12BrFO. The number of aryl methyl sites for hydroxylation is 1. The van der Waals surface area contributed by atoms with Crippen LogP contribution in [0.4, 0.5) is 4.39 Å². The van der Waals surface area contributed by atoms with Crippen molar-refractivity contribution >= 4 is 15.9 Å². The molecule has 2 aromatic carbocycles. The number of hydrogen-bond donors (Lipinski definition) is 1. The van der Waals surface area contributed by atoms with Gasteiger partial charge in [-0.15, -0.1) is 0 Å². The van der Waals surface area contributed by atoms with Crippen LogP contribution in [0.2, 0.25) is 0 Å². The van der Waals surface area contributed by atoms with Gasteiger partial charge in [0, 0.05) is 10.0 Å². The van der Waals surface area contributed by atoms with E-state index in [1.54, 1.807) is 18.2 Å². The van der Waals surface area contributed by atoms with Gasteiger partial charge in [0.2, 0.25) is 0 Å². The first kappa shape index (κ1) is 12.3. The Bertz CT molecular complexity index is 539. The second kappa shape index (κ2) is 4.98. The van der Waals surface area contributed by atoms with Gasteiger partial charge in [0.05, 0.1) is 0 Å². The van der Waals surface area contributed by atoms with Gasteiger partial charge in [0.15, 0.2) is 0 Å².